The quantitative estimate of drug-likeness (QED) is 0.0168. The summed E-state index contributed by atoms with van der Waals surface area (Å²) < 4.78 is 16.0. The lowest BCUT2D eigenvalue weighted by molar-refractivity contribution is -0.606. The number of hydrogen-bond acceptors (Lipinski definition) is 29. The van der Waals surface area contributed by atoms with Gasteiger partial charge in [-0.25, -0.2) is 24.9 Å². The molecule has 43 heteroatoms. The number of aliphatic hydroxyl groups excluding tert-OH is 3. The van der Waals surface area contributed by atoms with Crippen molar-refractivity contribution < 1.29 is 39.3 Å². The second kappa shape index (κ2) is 45.0. The summed E-state index contributed by atoms with van der Waals surface area (Å²) in [6.45, 7) is 15.4. The van der Waals surface area contributed by atoms with Crippen LogP contribution in [0, 0.1) is 26.7 Å². The van der Waals surface area contributed by atoms with Crippen LogP contribution in [-0.2, 0) is 32.7 Å². The molecule has 0 saturated carbocycles. The Morgan fingerprint density at radius 1 is 0.451 bits per heavy atom. The van der Waals surface area contributed by atoms with Crippen LogP contribution in [0.1, 0.15) is 138 Å². The number of hydrogen-bond donors (Lipinski definition) is 11. The molecule has 4 atom stereocenters. The van der Waals surface area contributed by atoms with Crippen molar-refractivity contribution in [3.63, 3.8) is 0 Å². The molecule has 0 aliphatic carbocycles. The second-order valence-electron chi connectivity index (χ2n) is 33.7. The molecule has 19 heterocycles. The van der Waals surface area contributed by atoms with Crippen molar-refractivity contribution in [3.05, 3.63) is 261 Å². The average molecular weight is 2140 g/mol. The molecule has 19 rings (SSSR count). The van der Waals surface area contributed by atoms with Crippen molar-refractivity contribution in [3.8, 4) is 0 Å². The number of halogens is 5. The molecule has 15 aromatic rings. The number of aliphatic hydroxyl groups is 4. The number of piperidine rings is 3. The van der Waals surface area contributed by atoms with E-state index in [-0.39, 0.29) is 49.9 Å². The molecule has 4 fully saturated rings. The first-order valence-electron chi connectivity index (χ1n) is 44.2. The molecular weight excluding hydrogens is 2030 g/mol. The summed E-state index contributed by atoms with van der Waals surface area (Å²) in [4.78, 5) is 34.6. The fourth-order valence-electron chi connectivity index (χ4n) is 16.7. The van der Waals surface area contributed by atoms with Crippen LogP contribution in [0.3, 0.4) is 0 Å². The van der Waals surface area contributed by atoms with Gasteiger partial charge in [0, 0.05) is 166 Å². The van der Waals surface area contributed by atoms with Crippen LogP contribution in [0.5, 0.6) is 0 Å². The molecule has 0 aromatic carbocycles. The summed E-state index contributed by atoms with van der Waals surface area (Å²) in [5, 5.41) is 131. The molecular formula is C90H107Br5N30O8. The Bertz CT molecular complexity index is 6400. The number of fused-ring (bicyclic) bond motifs is 5. The maximum absolute atomic E-state index is 11.5. The van der Waals surface area contributed by atoms with Crippen LogP contribution in [0.4, 0.5) is 52.4 Å². The molecule has 4 aliphatic heterocycles. The van der Waals surface area contributed by atoms with Crippen LogP contribution in [0.25, 0.3) is 28.2 Å². The van der Waals surface area contributed by atoms with E-state index < -0.39 is 5.60 Å². The molecule has 2 unspecified atom stereocenters. The summed E-state index contributed by atoms with van der Waals surface area (Å²) in [5.41, 5.74) is 8.59. The zero-order valence-electron chi connectivity index (χ0n) is 73.9. The van der Waals surface area contributed by atoms with E-state index in [4.69, 9.17) is 19.9 Å². The van der Waals surface area contributed by atoms with Crippen molar-refractivity contribution in [2.24, 2.45) is 5.92 Å². The Morgan fingerprint density at radius 2 is 0.835 bits per heavy atom. The van der Waals surface area contributed by atoms with Gasteiger partial charge in [-0.3, -0.25) is 4.98 Å². The van der Waals surface area contributed by atoms with E-state index in [9.17, 15) is 41.3 Å². The highest BCUT2D eigenvalue weighted by molar-refractivity contribution is 9.11. The Morgan fingerprint density at radius 3 is 1.23 bits per heavy atom. The Balaban J connectivity index is 0.000000127. The zero-order valence-corrected chi connectivity index (χ0v) is 81.8. The van der Waals surface area contributed by atoms with Gasteiger partial charge >= 0.3 is 0 Å². The maximum Gasteiger partial charge on any atom is 0.185 e. The van der Waals surface area contributed by atoms with Crippen LogP contribution in [-0.4, -0.2) is 181 Å². The van der Waals surface area contributed by atoms with Crippen molar-refractivity contribution >= 4 is 160 Å². The third-order valence-corrected chi connectivity index (χ3v) is 26.3. The third kappa shape index (κ3) is 24.3. The summed E-state index contributed by atoms with van der Waals surface area (Å²) in [6.07, 6.45) is 35.7. The number of aromatic nitrogens is 20. The molecule has 4 saturated heterocycles. The number of nitrogens with one attached hydrogen (secondary N) is 7. The minimum atomic E-state index is -0.818. The molecule has 0 amide bonds. The highest BCUT2D eigenvalue weighted by Gasteiger charge is 2.38. The lowest BCUT2D eigenvalue weighted by Crippen LogP contribution is -2.46. The first-order valence-corrected chi connectivity index (χ1v) is 48.2. The molecule has 11 N–H and O–H groups in total. The van der Waals surface area contributed by atoms with Gasteiger partial charge < -0.3 is 93.2 Å². The van der Waals surface area contributed by atoms with Gasteiger partial charge in [0.15, 0.2) is 77.8 Å². The van der Waals surface area contributed by atoms with E-state index in [0.29, 0.717) is 61.4 Å². The molecule has 700 valence electrons. The monoisotopic (exact) mass is 2130 g/mol. The topological polar surface area (TPSA) is 446 Å². The number of nitrogens with zero attached hydrogens (tertiary/aromatic N) is 23. The maximum atomic E-state index is 11.5. The normalized spacial score (nSPS) is 16.1. The van der Waals surface area contributed by atoms with Crippen molar-refractivity contribution in [2.75, 3.05) is 99.1 Å². The SMILES string of the molecule is Brc1cnn2c(NCc3cccnc3)cc(C3CCNCC3)nc12.CC(C)(O)[C@@H]1CCCN1c1cc(NCc2ccc[n+]([O-])c2)n2ncc(Br)c2n1.CC(C)[C@@H](CO)Nc1cc(NCc2ccc[n+]([O-])c2)n2ncc(Br)c2n1.[O-][n+]1cccc(CNc2cc(N3CCCCC3CCO)nc3c(Br)cnn23)c1.[O-][n+]1cccc(CNc2cc(N3CCCCC3CO)nc3c(Br)cnn23)c1. The van der Waals surface area contributed by atoms with Gasteiger partial charge in [0.1, 0.15) is 52.4 Å². The van der Waals surface area contributed by atoms with Crippen molar-refractivity contribution in [1.82, 2.24) is 83.3 Å². The van der Waals surface area contributed by atoms with Gasteiger partial charge in [0.25, 0.3) is 0 Å². The van der Waals surface area contributed by atoms with E-state index >= 15 is 0 Å². The minimum absolute atomic E-state index is 0.00513. The van der Waals surface area contributed by atoms with E-state index in [1.165, 1.54) is 49.8 Å². The first-order chi connectivity index (χ1) is 64.4. The molecule has 133 heavy (non-hydrogen) atoms. The molecule has 0 radical (unpaired) electrons. The Kier molecular flexibility index (Phi) is 32.5. The number of anilines is 9. The predicted octanol–water partition coefficient (Wildman–Crippen LogP) is 12.2. The third-order valence-electron chi connectivity index (χ3n) is 23.5. The van der Waals surface area contributed by atoms with Crippen LogP contribution in [0.15, 0.2) is 206 Å². The fraction of sp³-hybridized carbons (Fsp3) is 0.389. The second-order valence-corrected chi connectivity index (χ2v) is 38.0. The largest absolute Gasteiger partial charge is 0.619 e. The summed E-state index contributed by atoms with van der Waals surface area (Å²) in [7, 11) is 0. The van der Waals surface area contributed by atoms with Gasteiger partial charge in [0.2, 0.25) is 0 Å². The molecule has 0 spiro atoms. The van der Waals surface area contributed by atoms with Gasteiger partial charge in [-0.1, -0.05) is 19.9 Å². The van der Waals surface area contributed by atoms with Crippen molar-refractivity contribution in [1.29, 1.82) is 0 Å². The van der Waals surface area contributed by atoms with Gasteiger partial charge in [-0.15, -0.1) is 0 Å². The lowest BCUT2D eigenvalue weighted by Gasteiger charge is -2.36. The Hall–Kier alpha value is -11.6. The van der Waals surface area contributed by atoms with Crippen LogP contribution >= 0.6 is 79.6 Å². The minimum Gasteiger partial charge on any atom is -0.619 e. The van der Waals surface area contributed by atoms with Gasteiger partial charge in [-0.2, -0.15) is 67.0 Å². The van der Waals surface area contributed by atoms with E-state index in [1.54, 1.807) is 85.7 Å². The van der Waals surface area contributed by atoms with E-state index in [0.717, 1.165) is 230 Å². The van der Waals surface area contributed by atoms with Crippen molar-refractivity contribution in [2.45, 2.75) is 167 Å². The van der Waals surface area contributed by atoms with Gasteiger partial charge in [0.05, 0.1) is 90.3 Å². The number of pyridine rings is 5. The highest BCUT2D eigenvalue weighted by Crippen LogP contribution is 2.37. The smallest absolute Gasteiger partial charge is 0.185 e. The summed E-state index contributed by atoms with van der Waals surface area (Å²) in [6, 6.07) is 28.6. The van der Waals surface area contributed by atoms with E-state index in [1.807, 2.05) is 93.0 Å². The molecule has 15 aromatic heterocycles. The standard InChI is InChI=1S/2C19H23BrN6O2.C18H21BrN6O2.C17H21BrN6O2.C17H19BrN6/c1-19(2,27)15-6-4-8-25(15)17-9-16(26-18(23-17)14(20)11-22-26)21-10-13-5-3-7-24(28)12-13;20-16-12-22-26-17(21-11-14-4-3-7-24(28)13-14)10-18(23-19(16)26)25-8-2-1-5-15(25)6-9-27;19-15-10-21-25-16(20-9-13-4-3-6-23(27)11-13)8-17(22-18(15)25)24-7-2-1-5-14(24)12-26;1-11(2)14(10-25)21-15-6-16(24-17(22-15)13(18)8-20-24)19-7-12-4-3-5-23(26)9-12;18-14-11-22-24-16(21-10-12-2-1-5-20-9-12)8-15(23-17(14)24)13-3-6-19-7-4-13/h3,5,7,9,11-12,15,21,27H,4,6,8,10H2,1-2H3;3-4,7,10,12-13,15,21,27H,1-2,5-6,8-9,11H2;3-4,6,8,10-11,14,20,26H,1-2,5,7,9,12H2;3-6,8-9,11,14,19,25H,7,10H2,1-2H3,(H,21,22);1-2,5,8-9,11,13,19,21H,3-4,6-7,10H2/t15-;;;14-;/m0..1./s1. The average Bonchev–Trinajstić information content (AvgIpc) is 1.67. The summed E-state index contributed by atoms with van der Waals surface area (Å²) >= 11 is 17.6. The predicted molar refractivity (Wildman–Crippen MR) is 526 cm³/mol. The lowest BCUT2D eigenvalue weighted by atomic mass is 9.94. The molecule has 38 nitrogen and oxygen atoms in total. The zero-order chi connectivity index (χ0) is 93.2. The van der Waals surface area contributed by atoms with Crippen LogP contribution < -0.4 is 70.8 Å². The molecule has 0 bridgehead atoms. The van der Waals surface area contributed by atoms with Crippen LogP contribution in [0.2, 0.25) is 0 Å². The van der Waals surface area contributed by atoms with Gasteiger partial charge in [-0.05, 0) is 219 Å². The number of rotatable bonds is 27. The first kappa shape index (κ1) is 96.0. The Labute approximate surface area is 809 Å². The van der Waals surface area contributed by atoms with E-state index in [2.05, 4.69) is 179 Å². The highest BCUT2D eigenvalue weighted by atomic mass is 79.9. The fourth-order valence-corrected chi connectivity index (χ4v) is 18.4. The molecule has 4 aliphatic rings. The summed E-state index contributed by atoms with van der Waals surface area (Å²) in [5.74, 6) is 7.93.